The first-order valence-electron chi connectivity index (χ1n) is 7.68. The van der Waals surface area contributed by atoms with Gasteiger partial charge in [0.15, 0.2) is 6.29 Å². The third-order valence-electron chi connectivity index (χ3n) is 3.50. The van der Waals surface area contributed by atoms with Crippen molar-refractivity contribution in [3.05, 3.63) is 58.3 Å². The van der Waals surface area contributed by atoms with Gasteiger partial charge in [-0.25, -0.2) is 4.79 Å². The third kappa shape index (κ3) is 4.26. The van der Waals surface area contributed by atoms with Crippen molar-refractivity contribution in [3.8, 4) is 29.3 Å². The summed E-state index contributed by atoms with van der Waals surface area (Å²) in [5.41, 5.74) is 0. The van der Waals surface area contributed by atoms with Crippen molar-refractivity contribution < 1.29 is 19.8 Å². The normalized spacial score (nSPS) is 10.3. The van der Waals surface area contributed by atoms with E-state index >= 15 is 0 Å². The SMILES string of the molecule is CO.O=Cc1ccc(-c2ccc(-c3ccc(-c4ccc(C(=O)O)s4)s3)s2)s1. The van der Waals surface area contributed by atoms with Gasteiger partial charge >= 0.3 is 5.97 Å². The second-order valence-electron chi connectivity index (χ2n) is 5.12. The summed E-state index contributed by atoms with van der Waals surface area (Å²) in [6.45, 7) is 0. The van der Waals surface area contributed by atoms with Crippen LogP contribution >= 0.6 is 45.3 Å². The van der Waals surface area contributed by atoms with Crippen molar-refractivity contribution in [1.82, 2.24) is 0 Å². The van der Waals surface area contributed by atoms with Crippen LogP contribution in [0.3, 0.4) is 0 Å². The summed E-state index contributed by atoms with van der Waals surface area (Å²) in [6.07, 6.45) is 0.876. The van der Waals surface area contributed by atoms with E-state index in [1.165, 1.54) is 27.6 Å². The van der Waals surface area contributed by atoms with Gasteiger partial charge in [0.05, 0.1) is 4.88 Å². The van der Waals surface area contributed by atoms with Gasteiger partial charge in [-0.2, -0.15) is 0 Å². The Morgan fingerprint density at radius 2 is 1.11 bits per heavy atom. The Morgan fingerprint density at radius 1 is 0.704 bits per heavy atom. The number of thiophene rings is 4. The molecule has 0 aliphatic heterocycles. The molecule has 0 atom stereocenters. The number of hydrogen-bond donors (Lipinski definition) is 2. The second kappa shape index (κ2) is 8.73. The molecule has 0 saturated heterocycles. The van der Waals surface area contributed by atoms with E-state index in [0.717, 1.165) is 42.7 Å². The van der Waals surface area contributed by atoms with Crippen LogP contribution in [-0.4, -0.2) is 29.6 Å². The fourth-order valence-electron chi connectivity index (χ4n) is 2.34. The average molecular weight is 435 g/mol. The van der Waals surface area contributed by atoms with Gasteiger partial charge in [0.2, 0.25) is 0 Å². The van der Waals surface area contributed by atoms with E-state index in [9.17, 15) is 9.59 Å². The van der Waals surface area contributed by atoms with E-state index in [-0.39, 0.29) is 0 Å². The lowest BCUT2D eigenvalue weighted by Gasteiger charge is -1.92. The summed E-state index contributed by atoms with van der Waals surface area (Å²) < 4.78 is 0. The number of carboxylic acid groups (broad SMARTS) is 1. The molecule has 0 unspecified atom stereocenters. The van der Waals surface area contributed by atoms with E-state index in [4.69, 9.17) is 10.2 Å². The Morgan fingerprint density at radius 3 is 1.52 bits per heavy atom. The molecule has 0 aliphatic rings. The van der Waals surface area contributed by atoms with Crippen LogP contribution in [0.2, 0.25) is 0 Å². The molecule has 4 aromatic heterocycles. The van der Waals surface area contributed by atoms with Gasteiger partial charge in [-0.15, -0.1) is 45.3 Å². The molecule has 0 spiro atoms. The summed E-state index contributed by atoms with van der Waals surface area (Å²) >= 11 is 6.14. The summed E-state index contributed by atoms with van der Waals surface area (Å²) in [7, 11) is 1.00. The number of aromatic carboxylic acids is 1. The van der Waals surface area contributed by atoms with Crippen molar-refractivity contribution in [2.45, 2.75) is 0 Å². The zero-order valence-electron chi connectivity index (χ0n) is 14.0. The highest BCUT2D eigenvalue weighted by Crippen LogP contribution is 2.42. The smallest absolute Gasteiger partial charge is 0.345 e. The molecule has 0 fully saturated rings. The highest BCUT2D eigenvalue weighted by Gasteiger charge is 2.13. The van der Waals surface area contributed by atoms with Crippen LogP contribution in [-0.2, 0) is 0 Å². The molecule has 138 valence electrons. The number of aliphatic hydroxyl groups is 1. The van der Waals surface area contributed by atoms with Gasteiger partial charge in [0, 0.05) is 36.4 Å². The van der Waals surface area contributed by atoms with Crippen molar-refractivity contribution in [2.75, 3.05) is 7.11 Å². The van der Waals surface area contributed by atoms with Gasteiger partial charge in [-0.1, -0.05) is 0 Å². The monoisotopic (exact) mass is 434 g/mol. The van der Waals surface area contributed by atoms with Crippen LogP contribution in [0.25, 0.3) is 29.3 Å². The number of hydrogen-bond acceptors (Lipinski definition) is 7. The highest BCUT2D eigenvalue weighted by molar-refractivity contribution is 7.28. The highest BCUT2D eigenvalue weighted by atomic mass is 32.1. The molecule has 0 radical (unpaired) electrons. The molecule has 4 nitrogen and oxygen atoms in total. The molecule has 8 heteroatoms. The maximum absolute atomic E-state index is 11.0. The predicted octanol–water partition coefficient (Wildman–Crippen LogP) is 6.05. The van der Waals surface area contributed by atoms with Gasteiger partial charge in [0.25, 0.3) is 0 Å². The lowest BCUT2D eigenvalue weighted by molar-refractivity contribution is 0.0702. The molecule has 4 aromatic rings. The Labute approximate surface area is 171 Å². The number of aliphatic hydroxyl groups excluding tert-OH is 1. The lowest BCUT2D eigenvalue weighted by atomic mass is 10.3. The zero-order valence-corrected chi connectivity index (χ0v) is 17.3. The van der Waals surface area contributed by atoms with E-state index in [2.05, 4.69) is 18.2 Å². The molecule has 0 saturated carbocycles. The van der Waals surface area contributed by atoms with Gasteiger partial charge in [0.1, 0.15) is 4.88 Å². The van der Waals surface area contributed by atoms with Gasteiger partial charge in [-0.3, -0.25) is 4.79 Å². The topological polar surface area (TPSA) is 74.6 Å². The molecule has 4 heterocycles. The van der Waals surface area contributed by atoms with Crippen molar-refractivity contribution >= 4 is 57.6 Å². The largest absolute Gasteiger partial charge is 0.477 e. The first kappa shape index (κ1) is 19.7. The second-order valence-corrected chi connectivity index (χ2v) is 9.48. The van der Waals surface area contributed by atoms with Crippen LogP contribution in [0, 0.1) is 0 Å². The van der Waals surface area contributed by atoms with Crippen molar-refractivity contribution in [3.63, 3.8) is 0 Å². The standard InChI is InChI=1S/C18H10O3S4.CH4O/c19-9-10-1-2-11(22-10)12-3-4-13(23-12)14-5-6-15(24-14)16-7-8-17(25-16)18(20)21;1-2/h1-9H,(H,20,21);2H,1H3. The fraction of sp³-hybridized carbons (Fsp3) is 0.0526. The Hall–Kier alpha value is -2.10. The number of aldehydes is 1. The zero-order chi connectivity index (χ0) is 19.4. The van der Waals surface area contributed by atoms with Crippen molar-refractivity contribution in [1.29, 1.82) is 0 Å². The van der Waals surface area contributed by atoms with Crippen LogP contribution < -0.4 is 0 Å². The minimum atomic E-state index is -0.887. The van der Waals surface area contributed by atoms with Gasteiger partial charge < -0.3 is 10.2 Å². The molecule has 0 bridgehead atoms. The van der Waals surface area contributed by atoms with E-state index in [1.54, 1.807) is 28.7 Å². The molecule has 4 rings (SSSR count). The quantitative estimate of drug-likeness (QED) is 0.375. The van der Waals surface area contributed by atoms with E-state index < -0.39 is 5.97 Å². The molecule has 27 heavy (non-hydrogen) atoms. The fourth-order valence-corrected chi connectivity index (χ4v) is 6.29. The summed E-state index contributed by atoms with van der Waals surface area (Å²) in [5.74, 6) is -0.887. The number of rotatable bonds is 5. The first-order chi connectivity index (χ1) is 13.1. The van der Waals surface area contributed by atoms with Crippen LogP contribution in [0.5, 0.6) is 0 Å². The third-order valence-corrected chi connectivity index (χ3v) is 8.34. The Bertz CT molecular complexity index is 1070. The number of carbonyl (C=O) groups is 2. The number of carboxylic acids is 1. The maximum atomic E-state index is 11.0. The summed E-state index contributed by atoms with van der Waals surface area (Å²) in [6, 6.07) is 15.6. The molecule has 0 aromatic carbocycles. The molecule has 2 N–H and O–H groups in total. The predicted molar refractivity (Wildman–Crippen MR) is 115 cm³/mol. The minimum Gasteiger partial charge on any atom is -0.477 e. The lowest BCUT2D eigenvalue weighted by Crippen LogP contribution is -1.89. The number of carbonyl (C=O) groups excluding carboxylic acids is 1. The van der Waals surface area contributed by atoms with E-state index in [1.807, 2.05) is 24.3 Å². The first-order valence-corrected chi connectivity index (χ1v) is 10.9. The summed E-state index contributed by atoms with van der Waals surface area (Å²) in [5, 5.41) is 16.1. The van der Waals surface area contributed by atoms with Crippen molar-refractivity contribution in [2.24, 2.45) is 0 Å². The molecular weight excluding hydrogens is 420 g/mol. The molecule has 0 amide bonds. The molecule has 0 aliphatic carbocycles. The summed E-state index contributed by atoms with van der Waals surface area (Å²) in [4.78, 5) is 29.6. The van der Waals surface area contributed by atoms with Crippen LogP contribution in [0.1, 0.15) is 19.3 Å². The van der Waals surface area contributed by atoms with Crippen LogP contribution in [0.15, 0.2) is 48.5 Å². The van der Waals surface area contributed by atoms with Gasteiger partial charge in [-0.05, 0) is 48.5 Å². The molecular formula is C19H14O4S4. The maximum Gasteiger partial charge on any atom is 0.345 e. The Balaban J connectivity index is 0.00000102. The van der Waals surface area contributed by atoms with E-state index in [0.29, 0.717) is 4.88 Å². The van der Waals surface area contributed by atoms with Crippen LogP contribution in [0.4, 0.5) is 0 Å². The average Bonchev–Trinajstić information content (AvgIpc) is 3.49. The Kier molecular flexibility index (Phi) is 6.35. The minimum absolute atomic E-state index is 0.354.